The summed E-state index contributed by atoms with van der Waals surface area (Å²) in [5.41, 5.74) is 4.76. The number of likely N-dealkylation sites (tertiary alicyclic amines) is 1. The SMILES string of the molecule is CC(C)(C)OC(=O)N1CCC[C@H](CNC(=O)CN)C1. The standard InChI is InChI=1S/C13H25N3O3/c1-13(2,3)19-12(18)16-6-4-5-10(9-16)8-15-11(17)7-14/h10H,4-9,14H2,1-3H3,(H,15,17)/t10-/m1/s1. The topological polar surface area (TPSA) is 84.7 Å². The number of nitrogens with zero attached hydrogens (tertiary/aromatic N) is 1. The van der Waals surface area contributed by atoms with E-state index >= 15 is 0 Å². The second-order valence-corrected chi connectivity index (χ2v) is 5.94. The van der Waals surface area contributed by atoms with Crippen LogP contribution in [0, 0.1) is 5.92 Å². The first-order valence-corrected chi connectivity index (χ1v) is 6.76. The largest absolute Gasteiger partial charge is 0.444 e. The van der Waals surface area contributed by atoms with Gasteiger partial charge in [-0.15, -0.1) is 0 Å². The number of piperidine rings is 1. The molecule has 0 aliphatic carbocycles. The zero-order valence-electron chi connectivity index (χ0n) is 12.1. The third kappa shape index (κ3) is 5.92. The maximum atomic E-state index is 11.9. The van der Waals surface area contributed by atoms with Crippen molar-refractivity contribution in [2.75, 3.05) is 26.2 Å². The Balaban J connectivity index is 2.41. The van der Waals surface area contributed by atoms with Crippen molar-refractivity contribution in [2.24, 2.45) is 11.7 Å². The van der Waals surface area contributed by atoms with E-state index in [1.807, 2.05) is 20.8 Å². The van der Waals surface area contributed by atoms with Gasteiger partial charge in [0.2, 0.25) is 5.91 Å². The van der Waals surface area contributed by atoms with Crippen LogP contribution < -0.4 is 11.1 Å². The van der Waals surface area contributed by atoms with E-state index in [2.05, 4.69) is 5.32 Å². The maximum Gasteiger partial charge on any atom is 0.410 e. The van der Waals surface area contributed by atoms with E-state index in [0.29, 0.717) is 13.1 Å². The highest BCUT2D eigenvalue weighted by molar-refractivity contribution is 5.77. The van der Waals surface area contributed by atoms with Crippen LogP contribution >= 0.6 is 0 Å². The first-order chi connectivity index (χ1) is 8.81. The van der Waals surface area contributed by atoms with Crippen molar-refractivity contribution in [1.29, 1.82) is 0 Å². The van der Waals surface area contributed by atoms with E-state index in [-0.39, 0.29) is 24.5 Å². The van der Waals surface area contributed by atoms with Gasteiger partial charge in [0.15, 0.2) is 0 Å². The van der Waals surface area contributed by atoms with Crippen molar-refractivity contribution >= 4 is 12.0 Å². The molecule has 6 heteroatoms. The van der Waals surface area contributed by atoms with Crippen LogP contribution in [0.1, 0.15) is 33.6 Å². The van der Waals surface area contributed by atoms with Gasteiger partial charge in [0, 0.05) is 19.6 Å². The van der Waals surface area contributed by atoms with Crippen LogP contribution in [0.15, 0.2) is 0 Å². The number of carbonyl (C=O) groups excluding carboxylic acids is 2. The van der Waals surface area contributed by atoms with E-state index < -0.39 is 5.60 Å². The molecule has 0 unspecified atom stereocenters. The fraction of sp³-hybridized carbons (Fsp3) is 0.846. The summed E-state index contributed by atoms with van der Waals surface area (Å²) in [7, 11) is 0. The number of amides is 2. The first-order valence-electron chi connectivity index (χ1n) is 6.76. The highest BCUT2D eigenvalue weighted by atomic mass is 16.6. The summed E-state index contributed by atoms with van der Waals surface area (Å²) >= 11 is 0. The molecule has 0 aromatic carbocycles. The van der Waals surface area contributed by atoms with Gasteiger partial charge >= 0.3 is 6.09 Å². The minimum Gasteiger partial charge on any atom is -0.444 e. The van der Waals surface area contributed by atoms with E-state index in [1.54, 1.807) is 4.90 Å². The average molecular weight is 271 g/mol. The number of hydrogen-bond acceptors (Lipinski definition) is 4. The Morgan fingerprint density at radius 3 is 2.68 bits per heavy atom. The van der Waals surface area contributed by atoms with Crippen LogP contribution in [0.5, 0.6) is 0 Å². The summed E-state index contributed by atoms with van der Waals surface area (Å²) < 4.78 is 5.35. The van der Waals surface area contributed by atoms with Crippen LogP contribution in [0.3, 0.4) is 0 Å². The summed E-state index contributed by atoms with van der Waals surface area (Å²) in [4.78, 5) is 24.8. The number of hydrogen-bond donors (Lipinski definition) is 2. The van der Waals surface area contributed by atoms with Gasteiger partial charge in [-0.2, -0.15) is 0 Å². The van der Waals surface area contributed by atoms with Gasteiger partial charge in [0.05, 0.1) is 6.54 Å². The number of nitrogens with one attached hydrogen (secondary N) is 1. The van der Waals surface area contributed by atoms with E-state index in [4.69, 9.17) is 10.5 Å². The fourth-order valence-corrected chi connectivity index (χ4v) is 2.05. The van der Waals surface area contributed by atoms with Gasteiger partial charge in [0.1, 0.15) is 5.60 Å². The molecule has 1 aliphatic rings. The second kappa shape index (κ2) is 6.75. The quantitative estimate of drug-likeness (QED) is 0.791. The monoisotopic (exact) mass is 271 g/mol. The zero-order chi connectivity index (χ0) is 14.5. The first kappa shape index (κ1) is 15.8. The van der Waals surface area contributed by atoms with E-state index in [1.165, 1.54) is 0 Å². The predicted molar refractivity (Wildman–Crippen MR) is 72.6 cm³/mol. The lowest BCUT2D eigenvalue weighted by molar-refractivity contribution is -0.119. The minimum absolute atomic E-state index is 0.00248. The summed E-state index contributed by atoms with van der Waals surface area (Å²) in [5.74, 6) is 0.117. The van der Waals surface area contributed by atoms with Crippen LogP contribution in [0.25, 0.3) is 0 Å². The Bertz CT molecular complexity index is 326. The third-order valence-electron chi connectivity index (χ3n) is 2.94. The van der Waals surface area contributed by atoms with Crippen LogP contribution in [0.4, 0.5) is 4.79 Å². The maximum absolute atomic E-state index is 11.9. The molecule has 1 heterocycles. The molecular formula is C13H25N3O3. The zero-order valence-corrected chi connectivity index (χ0v) is 12.1. The molecule has 1 saturated heterocycles. The molecule has 6 nitrogen and oxygen atoms in total. The van der Waals surface area contributed by atoms with Crippen molar-refractivity contribution in [3.63, 3.8) is 0 Å². The van der Waals surface area contributed by atoms with Crippen molar-refractivity contribution in [3.8, 4) is 0 Å². The smallest absolute Gasteiger partial charge is 0.410 e. The number of carbonyl (C=O) groups is 2. The normalized spacial score (nSPS) is 20.0. The molecule has 19 heavy (non-hydrogen) atoms. The molecule has 0 radical (unpaired) electrons. The Morgan fingerprint density at radius 2 is 2.11 bits per heavy atom. The van der Waals surface area contributed by atoms with E-state index in [0.717, 1.165) is 19.4 Å². The Kier molecular flexibility index (Phi) is 5.60. The van der Waals surface area contributed by atoms with E-state index in [9.17, 15) is 9.59 Å². The number of ether oxygens (including phenoxy) is 1. The summed E-state index contributed by atoms with van der Waals surface area (Å²) in [6.07, 6.45) is 1.66. The molecule has 0 bridgehead atoms. The molecule has 1 aliphatic heterocycles. The molecule has 0 spiro atoms. The fourth-order valence-electron chi connectivity index (χ4n) is 2.05. The van der Waals surface area contributed by atoms with Crippen LogP contribution in [0.2, 0.25) is 0 Å². The molecular weight excluding hydrogens is 246 g/mol. The summed E-state index contributed by atoms with van der Waals surface area (Å²) in [6.45, 7) is 7.48. The average Bonchev–Trinajstić information content (AvgIpc) is 2.34. The minimum atomic E-state index is -0.474. The molecule has 3 N–H and O–H groups in total. The van der Waals surface area contributed by atoms with Gasteiger partial charge in [-0.1, -0.05) is 0 Å². The van der Waals surface area contributed by atoms with Gasteiger partial charge in [-0.05, 0) is 39.5 Å². The molecule has 1 atom stereocenters. The summed E-state index contributed by atoms with van der Waals surface area (Å²) in [5, 5.41) is 2.77. The van der Waals surface area contributed by atoms with Crippen LogP contribution in [-0.4, -0.2) is 48.7 Å². The molecule has 2 amide bonds. The second-order valence-electron chi connectivity index (χ2n) is 5.94. The molecule has 0 aromatic heterocycles. The number of nitrogens with two attached hydrogens (primary N) is 1. The Hall–Kier alpha value is -1.30. The van der Waals surface area contributed by atoms with Crippen molar-refractivity contribution in [1.82, 2.24) is 10.2 Å². The number of rotatable bonds is 3. The van der Waals surface area contributed by atoms with Crippen molar-refractivity contribution in [3.05, 3.63) is 0 Å². The Labute approximate surface area is 114 Å². The highest BCUT2D eigenvalue weighted by Gasteiger charge is 2.27. The third-order valence-corrected chi connectivity index (χ3v) is 2.94. The van der Waals surface area contributed by atoms with Gasteiger partial charge in [-0.3, -0.25) is 4.79 Å². The summed E-state index contributed by atoms with van der Waals surface area (Å²) in [6, 6.07) is 0. The predicted octanol–water partition coefficient (Wildman–Crippen LogP) is 0.708. The molecule has 1 fully saturated rings. The molecule has 1 rings (SSSR count). The highest BCUT2D eigenvalue weighted by Crippen LogP contribution is 2.18. The molecule has 110 valence electrons. The van der Waals surface area contributed by atoms with Crippen molar-refractivity contribution < 1.29 is 14.3 Å². The molecule has 0 aromatic rings. The van der Waals surface area contributed by atoms with Crippen molar-refractivity contribution in [2.45, 2.75) is 39.2 Å². The van der Waals surface area contributed by atoms with Gasteiger partial charge in [-0.25, -0.2) is 4.79 Å². The Morgan fingerprint density at radius 1 is 1.42 bits per heavy atom. The van der Waals surface area contributed by atoms with Gasteiger partial charge in [0.25, 0.3) is 0 Å². The molecule has 0 saturated carbocycles. The lowest BCUT2D eigenvalue weighted by Gasteiger charge is -2.34. The lowest BCUT2D eigenvalue weighted by Crippen LogP contribution is -2.46. The van der Waals surface area contributed by atoms with Gasteiger partial charge < -0.3 is 20.7 Å². The lowest BCUT2D eigenvalue weighted by atomic mass is 9.98. The van der Waals surface area contributed by atoms with Crippen LogP contribution in [-0.2, 0) is 9.53 Å².